The van der Waals surface area contributed by atoms with Crippen LogP contribution in [0, 0.1) is 6.92 Å². The number of hydrazone groups is 1. The number of hydrogen-bond acceptors (Lipinski definition) is 8. The van der Waals surface area contributed by atoms with Crippen LogP contribution in [-0.2, 0) is 16.1 Å². The minimum absolute atomic E-state index is 0.123. The molecular weight excluding hydrogens is 574 g/mol. The summed E-state index contributed by atoms with van der Waals surface area (Å²) in [6.07, 6.45) is 0.596. The van der Waals surface area contributed by atoms with Crippen LogP contribution in [0.4, 0.5) is 4.79 Å². The largest absolute Gasteiger partial charge is 0.490 e. The number of rotatable bonds is 12. The number of nitrogens with zero attached hydrogens (tertiary/aromatic N) is 2. The highest BCUT2D eigenvalue weighted by Gasteiger charge is 2.32. The molecule has 0 aliphatic carbocycles. The monoisotopic (exact) mass is 611 g/mol. The predicted octanol–water partition coefficient (Wildman–Crippen LogP) is 4.52. The molecule has 0 saturated heterocycles. The molecule has 2 amide bonds. The highest BCUT2D eigenvalue weighted by molar-refractivity contribution is 6.01. The van der Waals surface area contributed by atoms with E-state index in [2.05, 4.69) is 56.9 Å². The smallest absolute Gasteiger partial charge is 0.337 e. The summed E-state index contributed by atoms with van der Waals surface area (Å²) in [6.45, 7) is 6.48. The minimum atomic E-state index is -1.12. The summed E-state index contributed by atoms with van der Waals surface area (Å²) in [7, 11) is 1.29. The van der Waals surface area contributed by atoms with Gasteiger partial charge in [0, 0.05) is 34.4 Å². The molecule has 2 atom stereocenters. The van der Waals surface area contributed by atoms with Crippen LogP contribution in [0.3, 0.4) is 0 Å². The second-order valence-electron chi connectivity index (χ2n) is 10.5. The number of allylic oxidation sites excluding steroid dienone is 1. The molecule has 4 aromatic rings. The summed E-state index contributed by atoms with van der Waals surface area (Å²) < 4.78 is 18.9. The molecule has 1 aromatic heterocycles. The molecule has 0 radical (unpaired) electrons. The number of hydrogen-bond donors (Lipinski definition) is 4. The quantitative estimate of drug-likeness (QED) is 0.0801. The number of aliphatic hydroxyl groups excluding tert-OH is 1. The van der Waals surface area contributed by atoms with Crippen LogP contribution < -0.4 is 25.5 Å². The molecule has 3 aromatic carbocycles. The minimum Gasteiger partial charge on any atom is -0.490 e. The van der Waals surface area contributed by atoms with Gasteiger partial charge in [0.2, 0.25) is 0 Å². The van der Waals surface area contributed by atoms with E-state index in [0.717, 1.165) is 28.7 Å². The molecule has 5 rings (SSSR count). The highest BCUT2D eigenvalue weighted by Crippen LogP contribution is 2.35. The maximum absolute atomic E-state index is 12.5. The van der Waals surface area contributed by atoms with E-state index in [1.807, 2.05) is 37.3 Å². The van der Waals surface area contributed by atoms with Gasteiger partial charge in [-0.1, -0.05) is 54.6 Å². The molecule has 4 N–H and O–H groups in total. The van der Waals surface area contributed by atoms with Gasteiger partial charge in [0.1, 0.15) is 6.61 Å². The molecule has 45 heavy (non-hydrogen) atoms. The van der Waals surface area contributed by atoms with Crippen molar-refractivity contribution in [3.8, 4) is 11.5 Å². The van der Waals surface area contributed by atoms with Gasteiger partial charge in [0.25, 0.3) is 0 Å². The Morgan fingerprint density at radius 1 is 1.07 bits per heavy atom. The fourth-order valence-electron chi connectivity index (χ4n) is 5.40. The summed E-state index contributed by atoms with van der Waals surface area (Å²) in [5.74, 6) is 0.210. The first kappa shape index (κ1) is 31.1. The number of methoxy groups -OCH3 is 1. The predicted molar refractivity (Wildman–Crippen MR) is 171 cm³/mol. The number of ether oxygens (including phenoxy) is 3. The van der Waals surface area contributed by atoms with Gasteiger partial charge in [0.05, 0.1) is 31.5 Å². The Hall–Kier alpha value is -5.29. The number of amides is 2. The third kappa shape index (κ3) is 6.94. The first-order valence-electron chi connectivity index (χ1n) is 14.6. The van der Waals surface area contributed by atoms with Crippen molar-refractivity contribution in [3.05, 3.63) is 106 Å². The first-order chi connectivity index (χ1) is 21.8. The number of benzene rings is 3. The SMILES string of the molecule is CCOc1cc([C@@H]2NC(=O)NC(C)=C2C(=O)OC)ccc1OC[C@@H](O)N/N=C\c1c(C)n(Cc2ccccc2)c2ccccc12. The first-order valence-corrected chi connectivity index (χ1v) is 14.6. The van der Waals surface area contributed by atoms with E-state index in [1.54, 1.807) is 31.3 Å². The van der Waals surface area contributed by atoms with Gasteiger partial charge in [0.15, 0.2) is 17.7 Å². The van der Waals surface area contributed by atoms with Crippen molar-refractivity contribution in [1.82, 2.24) is 20.6 Å². The van der Waals surface area contributed by atoms with E-state index in [0.29, 0.717) is 29.4 Å². The summed E-state index contributed by atoms with van der Waals surface area (Å²) >= 11 is 0. The Morgan fingerprint density at radius 2 is 1.82 bits per heavy atom. The summed E-state index contributed by atoms with van der Waals surface area (Å²) in [4.78, 5) is 24.7. The maximum Gasteiger partial charge on any atom is 0.337 e. The second-order valence-corrected chi connectivity index (χ2v) is 10.5. The van der Waals surface area contributed by atoms with Gasteiger partial charge in [-0.25, -0.2) is 9.59 Å². The molecular formula is C34H37N5O6. The van der Waals surface area contributed by atoms with Gasteiger partial charge < -0.3 is 34.5 Å². The fourth-order valence-corrected chi connectivity index (χ4v) is 5.40. The van der Waals surface area contributed by atoms with E-state index in [9.17, 15) is 14.7 Å². The molecule has 11 heteroatoms. The number of urea groups is 1. The zero-order chi connectivity index (χ0) is 31.9. The lowest BCUT2D eigenvalue weighted by Gasteiger charge is -2.28. The van der Waals surface area contributed by atoms with Crippen LogP contribution in [0.15, 0.2) is 89.2 Å². The Balaban J connectivity index is 1.28. The number of aromatic nitrogens is 1. The fraction of sp³-hybridized carbons (Fsp3) is 0.265. The Kier molecular flexibility index (Phi) is 9.69. The normalized spacial score (nSPS) is 15.5. The lowest BCUT2D eigenvalue weighted by molar-refractivity contribution is -0.136. The van der Waals surface area contributed by atoms with E-state index in [-0.39, 0.29) is 12.2 Å². The van der Waals surface area contributed by atoms with Crippen molar-refractivity contribution < 1.29 is 28.9 Å². The second kappa shape index (κ2) is 14.0. The van der Waals surface area contributed by atoms with Crippen LogP contribution >= 0.6 is 0 Å². The molecule has 234 valence electrons. The number of carbonyl (C=O) groups is 2. The van der Waals surface area contributed by atoms with Crippen molar-refractivity contribution in [2.75, 3.05) is 20.3 Å². The summed E-state index contributed by atoms with van der Waals surface area (Å²) in [5, 5.41) is 21.4. The molecule has 2 heterocycles. The molecule has 0 saturated carbocycles. The van der Waals surface area contributed by atoms with Crippen molar-refractivity contribution in [1.29, 1.82) is 0 Å². The average molecular weight is 612 g/mol. The Labute approximate surface area is 261 Å². The van der Waals surface area contributed by atoms with Crippen LogP contribution in [0.25, 0.3) is 10.9 Å². The van der Waals surface area contributed by atoms with Gasteiger partial charge in [-0.3, -0.25) is 5.43 Å². The van der Waals surface area contributed by atoms with Gasteiger partial charge in [-0.05, 0) is 50.1 Å². The molecule has 0 unspecified atom stereocenters. The van der Waals surface area contributed by atoms with Crippen molar-refractivity contribution in [2.45, 2.75) is 39.6 Å². The zero-order valence-corrected chi connectivity index (χ0v) is 25.7. The molecule has 1 aliphatic heterocycles. The number of nitrogens with one attached hydrogen (secondary N) is 3. The number of para-hydroxylation sites is 1. The Bertz CT molecular complexity index is 1750. The third-order valence-corrected chi connectivity index (χ3v) is 7.55. The molecule has 0 bridgehead atoms. The molecule has 0 spiro atoms. The zero-order valence-electron chi connectivity index (χ0n) is 25.7. The topological polar surface area (TPSA) is 135 Å². The highest BCUT2D eigenvalue weighted by atomic mass is 16.5. The average Bonchev–Trinajstić information content (AvgIpc) is 3.30. The maximum atomic E-state index is 12.5. The van der Waals surface area contributed by atoms with Gasteiger partial charge in [-0.2, -0.15) is 5.10 Å². The van der Waals surface area contributed by atoms with Crippen molar-refractivity contribution >= 4 is 29.1 Å². The van der Waals surface area contributed by atoms with Crippen LogP contribution in [0.2, 0.25) is 0 Å². The third-order valence-electron chi connectivity index (χ3n) is 7.55. The van der Waals surface area contributed by atoms with E-state index in [4.69, 9.17) is 14.2 Å². The number of carbonyl (C=O) groups excluding carboxylic acids is 2. The number of fused-ring (bicyclic) bond motifs is 1. The van der Waals surface area contributed by atoms with E-state index < -0.39 is 24.3 Å². The van der Waals surface area contributed by atoms with Crippen molar-refractivity contribution in [2.24, 2.45) is 5.10 Å². The number of aliphatic hydroxyl groups is 1. The van der Waals surface area contributed by atoms with Crippen LogP contribution in [0.1, 0.15) is 42.3 Å². The van der Waals surface area contributed by atoms with E-state index >= 15 is 0 Å². The van der Waals surface area contributed by atoms with Gasteiger partial charge >= 0.3 is 12.0 Å². The van der Waals surface area contributed by atoms with Gasteiger partial charge in [-0.15, -0.1) is 0 Å². The summed E-state index contributed by atoms with van der Waals surface area (Å²) in [6, 6.07) is 22.3. The standard InChI is InChI=1S/C34H37N5O6/c1-5-44-29-17-24(32-31(33(41)43-4)21(2)36-34(42)37-32)15-16-28(29)45-20-30(40)38-35-18-26-22(3)39(19-23-11-7-6-8-12-23)27-14-10-9-13-25(26)27/h6-18,30,32,38,40H,5,19-20H2,1-4H3,(H2,36,37,42)/b35-18-/t30-,32+/m1/s1. The van der Waals surface area contributed by atoms with Crippen LogP contribution in [-0.4, -0.2) is 54.4 Å². The van der Waals surface area contributed by atoms with E-state index in [1.165, 1.54) is 12.7 Å². The summed E-state index contributed by atoms with van der Waals surface area (Å²) in [5.41, 5.74) is 8.34. The lowest BCUT2D eigenvalue weighted by atomic mass is 9.95. The van der Waals surface area contributed by atoms with Crippen LogP contribution in [0.5, 0.6) is 11.5 Å². The number of esters is 1. The molecule has 11 nitrogen and oxygen atoms in total. The molecule has 0 fully saturated rings. The molecule has 1 aliphatic rings. The lowest BCUT2D eigenvalue weighted by Crippen LogP contribution is -2.45. The van der Waals surface area contributed by atoms with Crippen molar-refractivity contribution in [3.63, 3.8) is 0 Å². The Morgan fingerprint density at radius 3 is 2.58 bits per heavy atom.